The number of rotatable bonds is 8. The van der Waals surface area contributed by atoms with Crippen molar-refractivity contribution in [2.75, 3.05) is 11.9 Å². The first-order chi connectivity index (χ1) is 12.7. The minimum Gasteiger partial charge on any atom is -0.494 e. The molecule has 0 unspecified atom stereocenters. The normalized spacial score (nSPS) is 10.8. The molecule has 26 heavy (non-hydrogen) atoms. The SMILES string of the molecule is CCCCCCOc1ccc(NC(=O)c2sc3ccccc3c2Cl)cc1. The Kier molecular flexibility index (Phi) is 6.53. The number of anilines is 1. The van der Waals surface area contributed by atoms with Gasteiger partial charge in [-0.25, -0.2) is 0 Å². The van der Waals surface area contributed by atoms with E-state index in [0.29, 0.717) is 9.90 Å². The third-order valence-electron chi connectivity index (χ3n) is 4.12. The molecule has 0 aliphatic carbocycles. The highest BCUT2D eigenvalue weighted by Gasteiger charge is 2.16. The van der Waals surface area contributed by atoms with Gasteiger partial charge in [0.15, 0.2) is 0 Å². The van der Waals surface area contributed by atoms with Gasteiger partial charge in [-0.3, -0.25) is 4.79 Å². The summed E-state index contributed by atoms with van der Waals surface area (Å²) in [6, 6.07) is 15.2. The smallest absolute Gasteiger partial charge is 0.267 e. The Hall–Kier alpha value is -2.04. The van der Waals surface area contributed by atoms with Crippen molar-refractivity contribution in [2.45, 2.75) is 32.6 Å². The van der Waals surface area contributed by atoms with Gasteiger partial charge in [-0.15, -0.1) is 11.3 Å². The molecule has 1 aromatic heterocycles. The molecular formula is C21H22ClNO2S. The van der Waals surface area contributed by atoms with Gasteiger partial charge in [0, 0.05) is 15.8 Å². The van der Waals surface area contributed by atoms with Crippen LogP contribution < -0.4 is 10.1 Å². The number of amides is 1. The summed E-state index contributed by atoms with van der Waals surface area (Å²) in [6.45, 7) is 2.92. The monoisotopic (exact) mass is 387 g/mol. The van der Waals surface area contributed by atoms with E-state index in [0.717, 1.165) is 34.6 Å². The first-order valence-electron chi connectivity index (χ1n) is 8.90. The lowest BCUT2D eigenvalue weighted by atomic mass is 10.2. The highest BCUT2D eigenvalue weighted by Crippen LogP contribution is 2.35. The molecule has 3 aromatic rings. The minimum atomic E-state index is -0.190. The van der Waals surface area contributed by atoms with E-state index in [1.165, 1.54) is 30.6 Å². The number of hydrogen-bond acceptors (Lipinski definition) is 3. The van der Waals surface area contributed by atoms with E-state index in [-0.39, 0.29) is 5.91 Å². The van der Waals surface area contributed by atoms with Gasteiger partial charge in [-0.2, -0.15) is 0 Å². The van der Waals surface area contributed by atoms with Crippen molar-refractivity contribution in [3.63, 3.8) is 0 Å². The fraction of sp³-hybridized carbons (Fsp3) is 0.286. The van der Waals surface area contributed by atoms with Crippen LogP contribution in [0.5, 0.6) is 5.75 Å². The molecule has 3 nitrogen and oxygen atoms in total. The lowest BCUT2D eigenvalue weighted by Crippen LogP contribution is -2.10. The molecule has 3 rings (SSSR count). The van der Waals surface area contributed by atoms with Crippen molar-refractivity contribution in [3.8, 4) is 5.75 Å². The second-order valence-electron chi connectivity index (χ2n) is 6.13. The highest BCUT2D eigenvalue weighted by molar-refractivity contribution is 7.21. The topological polar surface area (TPSA) is 38.3 Å². The van der Waals surface area contributed by atoms with Crippen LogP contribution in [-0.2, 0) is 0 Å². The highest BCUT2D eigenvalue weighted by atomic mass is 35.5. The van der Waals surface area contributed by atoms with Crippen molar-refractivity contribution in [3.05, 3.63) is 58.4 Å². The number of nitrogens with one attached hydrogen (secondary N) is 1. The minimum absolute atomic E-state index is 0.190. The summed E-state index contributed by atoms with van der Waals surface area (Å²) in [6.07, 6.45) is 4.73. The maximum atomic E-state index is 12.5. The van der Waals surface area contributed by atoms with Crippen LogP contribution in [0, 0.1) is 0 Å². The zero-order valence-electron chi connectivity index (χ0n) is 14.8. The number of carbonyl (C=O) groups is 1. The average Bonchev–Trinajstić information content (AvgIpc) is 3.00. The van der Waals surface area contributed by atoms with Crippen LogP contribution in [-0.4, -0.2) is 12.5 Å². The van der Waals surface area contributed by atoms with Crippen molar-refractivity contribution >= 4 is 44.6 Å². The van der Waals surface area contributed by atoms with Crippen LogP contribution in [0.4, 0.5) is 5.69 Å². The van der Waals surface area contributed by atoms with E-state index in [4.69, 9.17) is 16.3 Å². The van der Waals surface area contributed by atoms with E-state index < -0.39 is 0 Å². The molecule has 0 aliphatic rings. The fourth-order valence-electron chi connectivity index (χ4n) is 2.70. The van der Waals surface area contributed by atoms with Gasteiger partial charge in [0.25, 0.3) is 5.91 Å². The number of benzene rings is 2. The van der Waals surface area contributed by atoms with E-state index >= 15 is 0 Å². The van der Waals surface area contributed by atoms with Crippen LogP contribution in [0.25, 0.3) is 10.1 Å². The fourth-order valence-corrected chi connectivity index (χ4v) is 4.11. The zero-order chi connectivity index (χ0) is 18.4. The molecular weight excluding hydrogens is 366 g/mol. The summed E-state index contributed by atoms with van der Waals surface area (Å²) in [4.78, 5) is 13.1. The lowest BCUT2D eigenvalue weighted by molar-refractivity contribution is 0.103. The Labute approximate surface area is 162 Å². The van der Waals surface area contributed by atoms with Gasteiger partial charge < -0.3 is 10.1 Å². The predicted molar refractivity (Wildman–Crippen MR) is 111 cm³/mol. The van der Waals surface area contributed by atoms with Gasteiger partial charge >= 0.3 is 0 Å². The van der Waals surface area contributed by atoms with Crippen LogP contribution in [0.15, 0.2) is 48.5 Å². The third kappa shape index (κ3) is 4.57. The summed E-state index contributed by atoms with van der Waals surface area (Å²) in [5.74, 6) is 0.629. The summed E-state index contributed by atoms with van der Waals surface area (Å²) in [7, 11) is 0. The molecule has 0 saturated heterocycles. The van der Waals surface area contributed by atoms with Gasteiger partial charge in [0.2, 0.25) is 0 Å². The second kappa shape index (κ2) is 9.06. The molecule has 0 spiro atoms. The predicted octanol–water partition coefficient (Wildman–Crippen LogP) is 6.77. The quantitative estimate of drug-likeness (QED) is 0.433. The molecule has 0 fully saturated rings. The number of hydrogen-bond donors (Lipinski definition) is 1. The molecule has 1 N–H and O–H groups in total. The molecule has 1 heterocycles. The van der Waals surface area contributed by atoms with Crippen LogP contribution in [0.1, 0.15) is 42.3 Å². The van der Waals surface area contributed by atoms with Crippen LogP contribution in [0.3, 0.4) is 0 Å². The van der Waals surface area contributed by atoms with Crippen LogP contribution >= 0.6 is 22.9 Å². The van der Waals surface area contributed by atoms with E-state index in [2.05, 4.69) is 12.2 Å². The standard InChI is InChI=1S/C21H22ClNO2S/c1-2-3-4-7-14-25-16-12-10-15(11-13-16)23-21(24)20-19(22)17-8-5-6-9-18(17)26-20/h5-6,8-13H,2-4,7,14H2,1H3,(H,23,24). The molecule has 0 bridgehead atoms. The Balaban J connectivity index is 1.59. The van der Waals surface area contributed by atoms with Gasteiger partial charge in [0.1, 0.15) is 10.6 Å². The van der Waals surface area contributed by atoms with Crippen LogP contribution in [0.2, 0.25) is 5.02 Å². The summed E-state index contributed by atoms with van der Waals surface area (Å²) in [5.41, 5.74) is 0.724. The molecule has 0 aliphatic heterocycles. The number of ether oxygens (including phenoxy) is 1. The van der Waals surface area contributed by atoms with E-state index in [9.17, 15) is 4.79 Å². The van der Waals surface area contributed by atoms with Crippen molar-refractivity contribution < 1.29 is 9.53 Å². The maximum absolute atomic E-state index is 12.5. The molecule has 0 saturated carbocycles. The first kappa shape index (κ1) is 18.7. The number of thiophene rings is 1. The van der Waals surface area contributed by atoms with Crippen molar-refractivity contribution in [2.24, 2.45) is 0 Å². The van der Waals surface area contributed by atoms with E-state index in [1.807, 2.05) is 48.5 Å². The van der Waals surface area contributed by atoms with Crippen molar-refractivity contribution in [1.82, 2.24) is 0 Å². The maximum Gasteiger partial charge on any atom is 0.267 e. The number of halogens is 1. The summed E-state index contributed by atoms with van der Waals surface area (Å²) in [5, 5.41) is 4.33. The van der Waals surface area contributed by atoms with Gasteiger partial charge in [-0.05, 0) is 36.8 Å². The average molecular weight is 388 g/mol. The molecule has 0 radical (unpaired) electrons. The Morgan fingerprint density at radius 2 is 1.85 bits per heavy atom. The molecule has 136 valence electrons. The van der Waals surface area contributed by atoms with Gasteiger partial charge in [-0.1, -0.05) is 56.0 Å². The largest absolute Gasteiger partial charge is 0.494 e. The number of unbranched alkanes of at least 4 members (excludes halogenated alkanes) is 3. The third-order valence-corrected chi connectivity index (χ3v) is 5.79. The van der Waals surface area contributed by atoms with Gasteiger partial charge in [0.05, 0.1) is 11.6 Å². The summed E-state index contributed by atoms with van der Waals surface area (Å²) >= 11 is 7.77. The first-order valence-corrected chi connectivity index (χ1v) is 10.1. The number of carbonyl (C=O) groups excluding carboxylic acids is 1. The molecule has 0 atom stereocenters. The lowest BCUT2D eigenvalue weighted by Gasteiger charge is -2.08. The van der Waals surface area contributed by atoms with Crippen molar-refractivity contribution in [1.29, 1.82) is 0 Å². The van der Waals surface area contributed by atoms with E-state index in [1.54, 1.807) is 0 Å². The zero-order valence-corrected chi connectivity index (χ0v) is 16.3. The Morgan fingerprint density at radius 3 is 2.58 bits per heavy atom. The Bertz CT molecular complexity index is 873. The Morgan fingerprint density at radius 1 is 1.08 bits per heavy atom. The molecule has 2 aromatic carbocycles. The molecule has 1 amide bonds. The number of fused-ring (bicyclic) bond motifs is 1. The molecule has 5 heteroatoms. The second-order valence-corrected chi connectivity index (χ2v) is 7.56. The summed E-state index contributed by atoms with van der Waals surface area (Å²) < 4.78 is 6.73.